The molecule has 1 unspecified atom stereocenters. The van der Waals surface area contributed by atoms with Crippen molar-refractivity contribution in [1.29, 1.82) is 0 Å². The number of hydrogen-bond donors (Lipinski definition) is 2. The summed E-state index contributed by atoms with van der Waals surface area (Å²) in [6.45, 7) is 0.122. The molecule has 1 aromatic carbocycles. The van der Waals surface area contributed by atoms with E-state index in [1.54, 1.807) is 31.3 Å². The summed E-state index contributed by atoms with van der Waals surface area (Å²) in [4.78, 5) is 4.75. The molecular weight excluding hydrogens is 247 g/mol. The van der Waals surface area contributed by atoms with Crippen LogP contribution in [-0.2, 0) is 4.84 Å². The van der Waals surface area contributed by atoms with Crippen molar-refractivity contribution in [2.75, 3.05) is 20.2 Å². The topological polar surface area (TPSA) is 53.8 Å². The van der Waals surface area contributed by atoms with E-state index in [4.69, 9.17) is 4.84 Å². The maximum Gasteiger partial charge on any atom is 0.149 e. The van der Waals surface area contributed by atoms with Gasteiger partial charge in [0.2, 0.25) is 0 Å². The number of rotatable bonds is 6. The van der Waals surface area contributed by atoms with Gasteiger partial charge in [0.15, 0.2) is 0 Å². The average Bonchev–Trinajstić information content (AvgIpc) is 2.27. The number of hydrogen-bond acceptors (Lipinski definition) is 4. The number of nitrogens with zero attached hydrogens (tertiary/aromatic N) is 1. The second-order valence-corrected chi connectivity index (χ2v) is 3.24. The van der Waals surface area contributed by atoms with Crippen LogP contribution in [0.5, 0.6) is 5.75 Å². The van der Waals surface area contributed by atoms with Crippen molar-refractivity contribution in [2.24, 2.45) is 5.16 Å². The number of halogens is 2. The van der Waals surface area contributed by atoms with Crippen LogP contribution in [0.4, 0.5) is 4.39 Å². The van der Waals surface area contributed by atoms with Gasteiger partial charge in [0.1, 0.15) is 18.5 Å². The summed E-state index contributed by atoms with van der Waals surface area (Å²) in [7, 11) is 1.66. The summed E-state index contributed by atoms with van der Waals surface area (Å²) >= 11 is 0. The summed E-state index contributed by atoms with van der Waals surface area (Å²) in [5.74, 6) is 0.113. The summed E-state index contributed by atoms with van der Waals surface area (Å²) < 4.78 is 12.9. The highest BCUT2D eigenvalue weighted by atomic mass is 35.5. The first kappa shape index (κ1) is 15.7. The van der Waals surface area contributed by atoms with E-state index in [0.717, 1.165) is 0 Å². The van der Waals surface area contributed by atoms with Gasteiger partial charge in [-0.05, 0) is 19.2 Å². The lowest BCUT2D eigenvalue weighted by atomic mass is 10.2. The zero-order chi connectivity index (χ0) is 11.8. The van der Waals surface area contributed by atoms with Gasteiger partial charge < -0.3 is 15.3 Å². The van der Waals surface area contributed by atoms with Crippen LogP contribution in [0.25, 0.3) is 0 Å². The minimum Gasteiger partial charge on any atom is -0.507 e. The molecule has 2 N–H and O–H groups in total. The second kappa shape index (κ2) is 8.78. The Morgan fingerprint density at radius 2 is 2.24 bits per heavy atom. The fourth-order valence-electron chi connectivity index (χ4n) is 1.10. The Hall–Kier alpha value is -1.33. The molecule has 0 bridgehead atoms. The van der Waals surface area contributed by atoms with Crippen molar-refractivity contribution in [3.05, 3.63) is 29.8 Å². The Balaban J connectivity index is 0.00000256. The molecule has 1 rings (SSSR count). The summed E-state index contributed by atoms with van der Waals surface area (Å²) in [5, 5.41) is 15.6. The standard InChI is InChI=1S/C11H15FN2O2.ClH/c1-13-7-10(12)8-16-14-6-9-4-2-3-5-11(9)15;/h2-6,10,13,15H,7-8H2,1H3;1H. The van der Waals surface area contributed by atoms with E-state index in [2.05, 4.69) is 10.5 Å². The zero-order valence-corrected chi connectivity index (χ0v) is 10.3. The molecule has 0 saturated carbocycles. The third-order valence-electron chi connectivity index (χ3n) is 1.88. The van der Waals surface area contributed by atoms with Crippen molar-refractivity contribution in [1.82, 2.24) is 5.32 Å². The fourth-order valence-corrected chi connectivity index (χ4v) is 1.10. The number of phenols is 1. The third kappa shape index (κ3) is 6.09. The molecule has 0 aliphatic heterocycles. The molecule has 0 aromatic heterocycles. The highest BCUT2D eigenvalue weighted by molar-refractivity contribution is 5.85. The molecule has 96 valence electrons. The predicted octanol–water partition coefficient (Wildman–Crippen LogP) is 1.72. The Bertz CT molecular complexity index is 350. The highest BCUT2D eigenvalue weighted by Crippen LogP contribution is 2.12. The molecule has 0 aliphatic rings. The number of benzene rings is 1. The van der Waals surface area contributed by atoms with Gasteiger partial charge in [-0.3, -0.25) is 0 Å². The minimum absolute atomic E-state index is 0. The van der Waals surface area contributed by atoms with Gasteiger partial charge in [-0.15, -0.1) is 12.4 Å². The summed E-state index contributed by atoms with van der Waals surface area (Å²) in [6.07, 6.45) is 0.257. The van der Waals surface area contributed by atoms with E-state index in [9.17, 15) is 9.50 Å². The molecule has 1 aromatic rings. The molecule has 0 saturated heterocycles. The zero-order valence-electron chi connectivity index (χ0n) is 9.47. The van der Waals surface area contributed by atoms with Gasteiger partial charge >= 0.3 is 0 Å². The van der Waals surface area contributed by atoms with E-state index >= 15 is 0 Å². The van der Waals surface area contributed by atoms with Crippen LogP contribution in [0.3, 0.4) is 0 Å². The van der Waals surface area contributed by atoms with Gasteiger partial charge in [0.05, 0.1) is 6.21 Å². The quantitative estimate of drug-likeness (QED) is 0.606. The van der Waals surface area contributed by atoms with Gasteiger partial charge in [-0.2, -0.15) is 0 Å². The number of oxime groups is 1. The lowest BCUT2D eigenvalue weighted by Crippen LogP contribution is -2.23. The normalized spacial score (nSPS) is 12.1. The summed E-state index contributed by atoms with van der Waals surface area (Å²) in [6, 6.07) is 6.70. The Kier molecular flexibility index (Phi) is 8.09. The number of para-hydroxylation sites is 1. The fraction of sp³-hybridized carbons (Fsp3) is 0.364. The molecular formula is C11H16ClFN2O2. The number of nitrogens with one attached hydrogen (secondary N) is 1. The van der Waals surface area contributed by atoms with Gasteiger partial charge in [0, 0.05) is 12.1 Å². The van der Waals surface area contributed by atoms with Crippen molar-refractivity contribution in [3.8, 4) is 5.75 Å². The third-order valence-corrected chi connectivity index (χ3v) is 1.88. The lowest BCUT2D eigenvalue weighted by molar-refractivity contribution is 0.0881. The van der Waals surface area contributed by atoms with Crippen LogP contribution in [0.2, 0.25) is 0 Å². The predicted molar refractivity (Wildman–Crippen MR) is 67.7 cm³/mol. The Morgan fingerprint density at radius 1 is 1.53 bits per heavy atom. The van der Waals surface area contributed by atoms with Gasteiger partial charge in [-0.1, -0.05) is 17.3 Å². The average molecular weight is 263 g/mol. The smallest absolute Gasteiger partial charge is 0.149 e. The minimum atomic E-state index is -1.09. The number of aromatic hydroxyl groups is 1. The molecule has 0 spiro atoms. The van der Waals surface area contributed by atoms with Gasteiger partial charge in [0.25, 0.3) is 0 Å². The van der Waals surface area contributed by atoms with Crippen LogP contribution in [0.1, 0.15) is 5.56 Å². The van der Waals surface area contributed by atoms with E-state index in [0.29, 0.717) is 5.56 Å². The van der Waals surface area contributed by atoms with Gasteiger partial charge in [-0.25, -0.2) is 4.39 Å². The monoisotopic (exact) mass is 262 g/mol. The largest absolute Gasteiger partial charge is 0.507 e. The van der Waals surface area contributed by atoms with Crippen LogP contribution in [0.15, 0.2) is 29.4 Å². The van der Waals surface area contributed by atoms with Crippen LogP contribution >= 0.6 is 12.4 Å². The van der Waals surface area contributed by atoms with Crippen molar-refractivity contribution < 1.29 is 14.3 Å². The maximum absolute atomic E-state index is 12.9. The first-order chi connectivity index (χ1) is 7.74. The first-order valence-electron chi connectivity index (χ1n) is 4.96. The Morgan fingerprint density at radius 3 is 2.88 bits per heavy atom. The van der Waals surface area contributed by atoms with Crippen molar-refractivity contribution in [3.63, 3.8) is 0 Å². The van der Waals surface area contributed by atoms with Crippen molar-refractivity contribution >= 4 is 18.6 Å². The molecule has 0 aliphatic carbocycles. The molecule has 0 heterocycles. The molecule has 0 amide bonds. The Labute approximate surface area is 106 Å². The molecule has 0 radical (unpaired) electrons. The SMILES string of the molecule is CNCC(F)CON=Cc1ccccc1O.Cl. The molecule has 0 fully saturated rings. The lowest BCUT2D eigenvalue weighted by Gasteiger charge is -2.04. The number of alkyl halides is 1. The van der Waals surface area contributed by atoms with Crippen LogP contribution in [0, 0.1) is 0 Å². The van der Waals surface area contributed by atoms with E-state index in [1.165, 1.54) is 6.21 Å². The van der Waals surface area contributed by atoms with E-state index < -0.39 is 6.17 Å². The van der Waals surface area contributed by atoms with Crippen molar-refractivity contribution in [2.45, 2.75) is 6.17 Å². The number of phenolic OH excluding ortho intramolecular Hbond substituents is 1. The molecule has 6 heteroatoms. The second-order valence-electron chi connectivity index (χ2n) is 3.24. The van der Waals surface area contributed by atoms with E-state index in [1.807, 2.05) is 0 Å². The maximum atomic E-state index is 12.9. The van der Waals surface area contributed by atoms with E-state index in [-0.39, 0.29) is 31.3 Å². The molecule has 4 nitrogen and oxygen atoms in total. The molecule has 17 heavy (non-hydrogen) atoms. The van der Waals surface area contributed by atoms with Crippen LogP contribution < -0.4 is 5.32 Å². The molecule has 1 atom stereocenters. The van der Waals surface area contributed by atoms with Crippen LogP contribution in [-0.4, -0.2) is 37.7 Å². The summed E-state index contributed by atoms with van der Waals surface area (Å²) in [5.41, 5.74) is 0.534. The highest BCUT2D eigenvalue weighted by Gasteiger charge is 2.04. The first-order valence-corrected chi connectivity index (χ1v) is 4.96.